The van der Waals surface area contributed by atoms with E-state index in [-0.39, 0.29) is 18.0 Å². The van der Waals surface area contributed by atoms with Gasteiger partial charge in [0.05, 0.1) is 7.11 Å². The maximum Gasteiger partial charge on any atom is 0.334 e. The van der Waals surface area contributed by atoms with E-state index in [0.717, 1.165) is 19.3 Å². The number of methoxy groups -OCH3 is 1. The SMILES string of the molecule is CCCC[C@@H](C)[C@H](O[SiH](C)C)C(=O)OC. The molecule has 0 fully saturated rings. The molecule has 0 radical (unpaired) electrons. The number of unbranched alkanes of at least 4 members (excludes halogenated alkanes) is 1. The molecule has 0 aromatic rings. The van der Waals surface area contributed by atoms with Crippen LogP contribution in [0.15, 0.2) is 0 Å². The molecule has 2 atom stereocenters. The molecule has 0 aliphatic heterocycles. The predicted octanol–water partition coefficient (Wildman–Crippen LogP) is 2.35. The maximum atomic E-state index is 11.5. The maximum absolute atomic E-state index is 11.5. The highest BCUT2D eigenvalue weighted by Gasteiger charge is 2.27. The van der Waals surface area contributed by atoms with Crippen molar-refractivity contribution in [1.29, 1.82) is 0 Å². The summed E-state index contributed by atoms with van der Waals surface area (Å²) in [6.45, 7) is 8.36. The Morgan fingerprint density at radius 2 is 2.00 bits per heavy atom. The minimum absolute atomic E-state index is 0.222. The van der Waals surface area contributed by atoms with Crippen molar-refractivity contribution >= 4 is 15.0 Å². The van der Waals surface area contributed by atoms with Crippen LogP contribution in [0.3, 0.4) is 0 Å². The van der Waals surface area contributed by atoms with Gasteiger partial charge in [0, 0.05) is 0 Å². The Balaban J connectivity index is 4.26. The van der Waals surface area contributed by atoms with Crippen LogP contribution in [0.5, 0.6) is 0 Å². The second-order valence-corrected chi connectivity index (χ2v) is 6.62. The average molecular weight is 232 g/mol. The Kier molecular flexibility index (Phi) is 7.69. The van der Waals surface area contributed by atoms with Crippen LogP contribution in [0.4, 0.5) is 0 Å². The third kappa shape index (κ3) is 5.94. The van der Waals surface area contributed by atoms with Crippen molar-refractivity contribution in [3.63, 3.8) is 0 Å². The van der Waals surface area contributed by atoms with E-state index in [1.165, 1.54) is 7.11 Å². The molecule has 0 saturated heterocycles. The lowest BCUT2D eigenvalue weighted by molar-refractivity contribution is -0.151. The first-order valence-electron chi connectivity index (χ1n) is 5.76. The molecular formula is C11H24O3Si. The van der Waals surface area contributed by atoms with Crippen LogP contribution in [0.25, 0.3) is 0 Å². The Labute approximate surface area is 94.9 Å². The first-order valence-corrected chi connectivity index (χ1v) is 8.54. The fraction of sp³-hybridized carbons (Fsp3) is 0.909. The number of esters is 1. The highest BCUT2D eigenvalue weighted by molar-refractivity contribution is 6.48. The van der Waals surface area contributed by atoms with Gasteiger partial charge in [0.2, 0.25) is 0 Å². The van der Waals surface area contributed by atoms with E-state index in [2.05, 4.69) is 26.9 Å². The minimum Gasteiger partial charge on any atom is -0.467 e. The molecule has 0 aliphatic rings. The van der Waals surface area contributed by atoms with Crippen molar-refractivity contribution in [3.05, 3.63) is 0 Å². The normalized spacial score (nSPS) is 15.1. The summed E-state index contributed by atoms with van der Waals surface area (Å²) >= 11 is 0. The van der Waals surface area contributed by atoms with Crippen LogP contribution in [0.1, 0.15) is 33.1 Å². The van der Waals surface area contributed by atoms with Crippen molar-refractivity contribution in [1.82, 2.24) is 0 Å². The summed E-state index contributed by atoms with van der Waals surface area (Å²) in [7, 11) is 0.234. The van der Waals surface area contributed by atoms with Crippen LogP contribution < -0.4 is 0 Å². The van der Waals surface area contributed by atoms with E-state index >= 15 is 0 Å². The molecule has 3 nitrogen and oxygen atoms in total. The van der Waals surface area contributed by atoms with Crippen molar-refractivity contribution in [2.45, 2.75) is 52.3 Å². The van der Waals surface area contributed by atoms with Gasteiger partial charge >= 0.3 is 5.97 Å². The van der Waals surface area contributed by atoms with Crippen LogP contribution in [-0.4, -0.2) is 28.2 Å². The third-order valence-electron chi connectivity index (χ3n) is 2.38. The van der Waals surface area contributed by atoms with Crippen molar-refractivity contribution in [2.75, 3.05) is 7.11 Å². The summed E-state index contributed by atoms with van der Waals surface area (Å²) in [5.74, 6) is 0.0344. The topological polar surface area (TPSA) is 35.5 Å². The summed E-state index contributed by atoms with van der Waals surface area (Å²) in [6.07, 6.45) is 2.96. The lowest BCUT2D eigenvalue weighted by atomic mass is 9.98. The molecule has 0 rings (SSSR count). The quantitative estimate of drug-likeness (QED) is 0.499. The van der Waals surface area contributed by atoms with E-state index in [9.17, 15) is 4.79 Å². The first kappa shape index (κ1) is 14.6. The standard InChI is InChI=1S/C11H24O3Si/c1-6-7-8-9(2)10(11(12)13-3)14-15(4)5/h9-10,15H,6-8H2,1-5H3/t9-,10+/m1/s1. The molecule has 0 aromatic heterocycles. The van der Waals surface area contributed by atoms with Gasteiger partial charge in [0.1, 0.15) is 6.10 Å². The largest absolute Gasteiger partial charge is 0.467 e. The van der Waals surface area contributed by atoms with Crippen molar-refractivity contribution < 1.29 is 14.0 Å². The third-order valence-corrected chi connectivity index (χ3v) is 3.22. The summed E-state index contributed by atoms with van der Waals surface area (Å²) in [5, 5.41) is 0. The molecular weight excluding hydrogens is 208 g/mol. The summed E-state index contributed by atoms with van der Waals surface area (Å²) in [6, 6.07) is 0. The Bertz CT molecular complexity index is 183. The van der Waals surface area contributed by atoms with Gasteiger partial charge in [-0.3, -0.25) is 0 Å². The van der Waals surface area contributed by atoms with Crippen LogP contribution >= 0.6 is 0 Å². The second-order valence-electron chi connectivity index (χ2n) is 4.25. The number of hydrogen-bond acceptors (Lipinski definition) is 3. The number of rotatable bonds is 7. The second kappa shape index (κ2) is 7.88. The van der Waals surface area contributed by atoms with Crippen molar-refractivity contribution in [2.24, 2.45) is 5.92 Å². The zero-order valence-electron chi connectivity index (χ0n) is 10.6. The van der Waals surface area contributed by atoms with Gasteiger partial charge in [0.15, 0.2) is 9.04 Å². The molecule has 4 heteroatoms. The highest BCUT2D eigenvalue weighted by atomic mass is 28.3. The summed E-state index contributed by atoms with van der Waals surface area (Å²) in [4.78, 5) is 11.5. The van der Waals surface area contributed by atoms with Crippen LogP contribution in [0, 0.1) is 5.92 Å². The van der Waals surface area contributed by atoms with E-state index in [4.69, 9.17) is 9.16 Å². The molecule has 0 saturated carbocycles. The minimum atomic E-state index is -1.19. The lowest BCUT2D eigenvalue weighted by Crippen LogP contribution is -2.35. The number of carbonyl (C=O) groups excluding carboxylic acids is 1. The van der Waals surface area contributed by atoms with Crippen LogP contribution in [-0.2, 0) is 14.0 Å². The Hall–Kier alpha value is -0.353. The zero-order valence-corrected chi connectivity index (χ0v) is 11.7. The molecule has 0 unspecified atom stereocenters. The zero-order chi connectivity index (χ0) is 11.8. The van der Waals surface area contributed by atoms with Gasteiger partial charge in [-0.1, -0.05) is 26.7 Å². The predicted molar refractivity (Wildman–Crippen MR) is 64.5 cm³/mol. The summed E-state index contributed by atoms with van der Waals surface area (Å²) in [5.41, 5.74) is 0. The smallest absolute Gasteiger partial charge is 0.334 e. The molecule has 0 amide bonds. The molecule has 90 valence electrons. The Morgan fingerprint density at radius 1 is 1.40 bits per heavy atom. The molecule has 0 aliphatic carbocycles. The van der Waals surface area contributed by atoms with Crippen molar-refractivity contribution in [3.8, 4) is 0 Å². The Morgan fingerprint density at radius 3 is 2.40 bits per heavy atom. The number of hydrogen-bond donors (Lipinski definition) is 0. The molecule has 0 heterocycles. The molecule has 0 spiro atoms. The van der Waals surface area contributed by atoms with E-state index in [1.807, 2.05) is 0 Å². The van der Waals surface area contributed by atoms with Gasteiger partial charge in [-0.05, 0) is 25.4 Å². The van der Waals surface area contributed by atoms with Gasteiger partial charge in [-0.15, -0.1) is 0 Å². The lowest BCUT2D eigenvalue weighted by Gasteiger charge is -2.24. The fourth-order valence-electron chi connectivity index (χ4n) is 1.51. The van der Waals surface area contributed by atoms with Gasteiger partial charge in [-0.25, -0.2) is 4.79 Å². The molecule has 0 N–H and O–H groups in total. The number of ether oxygens (including phenoxy) is 1. The summed E-state index contributed by atoms with van der Waals surface area (Å²) < 4.78 is 10.5. The molecule has 0 aromatic carbocycles. The van der Waals surface area contributed by atoms with E-state index < -0.39 is 9.04 Å². The first-order chi connectivity index (χ1) is 7.02. The highest BCUT2D eigenvalue weighted by Crippen LogP contribution is 2.17. The fourth-order valence-corrected chi connectivity index (χ4v) is 2.47. The number of carbonyl (C=O) groups is 1. The molecule has 15 heavy (non-hydrogen) atoms. The molecule has 0 bridgehead atoms. The van der Waals surface area contributed by atoms with Gasteiger partial charge in [0.25, 0.3) is 0 Å². The van der Waals surface area contributed by atoms with Gasteiger partial charge in [-0.2, -0.15) is 0 Å². The van der Waals surface area contributed by atoms with E-state index in [0.29, 0.717) is 0 Å². The average Bonchev–Trinajstić information content (AvgIpc) is 2.21. The van der Waals surface area contributed by atoms with Crippen LogP contribution in [0.2, 0.25) is 13.1 Å². The van der Waals surface area contributed by atoms with Gasteiger partial charge < -0.3 is 9.16 Å². The monoisotopic (exact) mass is 232 g/mol. The van der Waals surface area contributed by atoms with E-state index in [1.54, 1.807) is 0 Å².